The van der Waals surface area contributed by atoms with Crippen LogP contribution in [0.4, 0.5) is 13.2 Å². The zero-order valence-electron chi connectivity index (χ0n) is 11.2. The Morgan fingerprint density at radius 2 is 1.84 bits per heavy atom. The zero-order chi connectivity index (χ0) is 15.3. The van der Waals surface area contributed by atoms with E-state index in [4.69, 9.17) is 5.73 Å². The van der Waals surface area contributed by atoms with Crippen LogP contribution in [0.5, 0.6) is 0 Å². The van der Waals surface area contributed by atoms with Crippen molar-refractivity contribution in [2.75, 3.05) is 20.2 Å². The maximum absolute atomic E-state index is 12.4. The normalized spacial score (nSPS) is 14.7. The van der Waals surface area contributed by atoms with E-state index in [0.717, 1.165) is 7.11 Å². The molecule has 1 unspecified atom stereocenters. The van der Waals surface area contributed by atoms with Crippen LogP contribution in [-0.2, 0) is 14.3 Å². The van der Waals surface area contributed by atoms with Gasteiger partial charge in [0.05, 0.1) is 19.1 Å². The molecule has 0 aliphatic heterocycles. The van der Waals surface area contributed by atoms with E-state index in [-0.39, 0.29) is 19.4 Å². The molecule has 0 radical (unpaired) electrons. The predicted octanol–water partition coefficient (Wildman–Crippen LogP) is 1.07. The van der Waals surface area contributed by atoms with Gasteiger partial charge in [0.1, 0.15) is 6.54 Å². The number of hydrogen-bond donors (Lipinski definition) is 1. The summed E-state index contributed by atoms with van der Waals surface area (Å²) in [4.78, 5) is 23.4. The summed E-state index contributed by atoms with van der Waals surface area (Å²) in [7, 11) is 1.12. The standard InChI is InChI=1S/C11H19F3N2O3/c1-4-10(2,15)9(18)16(7-11(12,13)14)6-5-8(17)19-3/h4-7,15H2,1-3H3. The van der Waals surface area contributed by atoms with Crippen LogP contribution in [0.1, 0.15) is 26.7 Å². The van der Waals surface area contributed by atoms with Crippen LogP contribution in [0.3, 0.4) is 0 Å². The Hall–Kier alpha value is -1.31. The predicted molar refractivity (Wildman–Crippen MR) is 62.2 cm³/mol. The van der Waals surface area contributed by atoms with Gasteiger partial charge < -0.3 is 15.4 Å². The van der Waals surface area contributed by atoms with Gasteiger partial charge in [0.2, 0.25) is 5.91 Å². The second kappa shape index (κ2) is 6.74. The average molecular weight is 284 g/mol. The van der Waals surface area contributed by atoms with Crippen molar-refractivity contribution in [1.82, 2.24) is 4.90 Å². The Labute approximate surface area is 109 Å². The van der Waals surface area contributed by atoms with Crippen molar-refractivity contribution in [3.05, 3.63) is 0 Å². The van der Waals surface area contributed by atoms with Crippen LogP contribution in [0, 0.1) is 0 Å². The van der Waals surface area contributed by atoms with Gasteiger partial charge in [0, 0.05) is 6.54 Å². The lowest BCUT2D eigenvalue weighted by molar-refractivity contribution is -0.165. The van der Waals surface area contributed by atoms with E-state index in [1.54, 1.807) is 6.92 Å². The molecule has 0 fully saturated rings. The summed E-state index contributed by atoms with van der Waals surface area (Å²) < 4.78 is 41.6. The third kappa shape index (κ3) is 6.42. The molecule has 19 heavy (non-hydrogen) atoms. The minimum absolute atomic E-state index is 0.193. The Morgan fingerprint density at radius 1 is 1.32 bits per heavy atom. The Balaban J connectivity index is 4.86. The Kier molecular flexibility index (Phi) is 6.28. The highest BCUT2D eigenvalue weighted by atomic mass is 19.4. The van der Waals surface area contributed by atoms with E-state index >= 15 is 0 Å². The molecule has 1 atom stereocenters. The number of amides is 1. The van der Waals surface area contributed by atoms with Crippen LogP contribution >= 0.6 is 0 Å². The van der Waals surface area contributed by atoms with E-state index in [1.165, 1.54) is 6.92 Å². The van der Waals surface area contributed by atoms with Gasteiger partial charge in [-0.1, -0.05) is 6.92 Å². The molecule has 0 rings (SSSR count). The second-order valence-corrected chi connectivity index (χ2v) is 4.44. The Bertz CT molecular complexity index is 330. The summed E-state index contributed by atoms with van der Waals surface area (Å²) in [5.41, 5.74) is 4.26. The summed E-state index contributed by atoms with van der Waals surface area (Å²) in [5.74, 6) is -1.52. The van der Waals surface area contributed by atoms with Gasteiger partial charge in [-0.15, -0.1) is 0 Å². The third-order valence-corrected chi connectivity index (χ3v) is 2.69. The maximum Gasteiger partial charge on any atom is 0.406 e. The number of ether oxygens (including phenoxy) is 1. The molecule has 0 aromatic carbocycles. The number of nitrogens with two attached hydrogens (primary N) is 1. The minimum atomic E-state index is -4.55. The molecule has 0 bridgehead atoms. The van der Waals surface area contributed by atoms with Crippen molar-refractivity contribution in [3.63, 3.8) is 0 Å². The van der Waals surface area contributed by atoms with Crippen molar-refractivity contribution < 1.29 is 27.5 Å². The number of carbonyl (C=O) groups excluding carboxylic acids is 2. The van der Waals surface area contributed by atoms with Gasteiger partial charge in [-0.25, -0.2) is 0 Å². The highest BCUT2D eigenvalue weighted by molar-refractivity contribution is 5.86. The van der Waals surface area contributed by atoms with E-state index in [1.807, 2.05) is 0 Å². The molecule has 0 aromatic heterocycles. The molecule has 0 aliphatic rings. The quantitative estimate of drug-likeness (QED) is 0.740. The lowest BCUT2D eigenvalue weighted by Gasteiger charge is -2.31. The van der Waals surface area contributed by atoms with Crippen LogP contribution < -0.4 is 5.73 Å². The molecule has 2 N–H and O–H groups in total. The average Bonchev–Trinajstić information content (AvgIpc) is 2.31. The number of halogens is 3. The third-order valence-electron chi connectivity index (χ3n) is 2.69. The van der Waals surface area contributed by atoms with Crippen molar-refractivity contribution in [3.8, 4) is 0 Å². The number of rotatable bonds is 6. The fourth-order valence-electron chi connectivity index (χ4n) is 1.31. The molecule has 5 nitrogen and oxygen atoms in total. The number of methoxy groups -OCH3 is 1. The van der Waals surface area contributed by atoms with Crippen LogP contribution in [-0.4, -0.2) is 48.7 Å². The lowest BCUT2D eigenvalue weighted by Crippen LogP contribution is -2.55. The van der Waals surface area contributed by atoms with Gasteiger partial charge in [-0.3, -0.25) is 9.59 Å². The SMILES string of the molecule is CCC(C)(N)C(=O)N(CCC(=O)OC)CC(F)(F)F. The zero-order valence-corrected chi connectivity index (χ0v) is 11.2. The molecule has 0 aromatic rings. The molecular formula is C11H19F3N2O3. The molecule has 0 aliphatic carbocycles. The number of esters is 1. The number of nitrogens with zero attached hydrogens (tertiary/aromatic N) is 1. The topological polar surface area (TPSA) is 72.6 Å². The first-order valence-electron chi connectivity index (χ1n) is 5.75. The molecule has 0 heterocycles. The van der Waals surface area contributed by atoms with E-state index < -0.39 is 30.1 Å². The molecule has 1 amide bonds. The van der Waals surface area contributed by atoms with Crippen molar-refractivity contribution in [2.24, 2.45) is 5.73 Å². The summed E-state index contributed by atoms with van der Waals surface area (Å²) >= 11 is 0. The summed E-state index contributed by atoms with van der Waals surface area (Å²) in [6.45, 7) is 1.15. The first kappa shape index (κ1) is 17.7. The van der Waals surface area contributed by atoms with Crippen LogP contribution in [0.2, 0.25) is 0 Å². The van der Waals surface area contributed by atoms with Gasteiger partial charge in [-0.2, -0.15) is 13.2 Å². The van der Waals surface area contributed by atoms with E-state index in [2.05, 4.69) is 4.74 Å². The fourth-order valence-corrected chi connectivity index (χ4v) is 1.31. The van der Waals surface area contributed by atoms with Crippen LogP contribution in [0.25, 0.3) is 0 Å². The monoisotopic (exact) mass is 284 g/mol. The number of hydrogen-bond acceptors (Lipinski definition) is 4. The maximum atomic E-state index is 12.4. The van der Waals surface area contributed by atoms with Crippen molar-refractivity contribution in [1.29, 1.82) is 0 Å². The number of carbonyl (C=O) groups is 2. The largest absolute Gasteiger partial charge is 0.469 e. The van der Waals surface area contributed by atoms with Crippen LogP contribution in [0.15, 0.2) is 0 Å². The lowest BCUT2D eigenvalue weighted by atomic mass is 9.98. The van der Waals surface area contributed by atoms with E-state index in [9.17, 15) is 22.8 Å². The summed E-state index contributed by atoms with van der Waals surface area (Å²) in [5, 5.41) is 0. The highest BCUT2D eigenvalue weighted by Gasteiger charge is 2.38. The second-order valence-electron chi connectivity index (χ2n) is 4.44. The summed E-state index contributed by atoms with van der Waals surface area (Å²) in [6, 6.07) is 0. The molecule has 0 saturated carbocycles. The minimum Gasteiger partial charge on any atom is -0.469 e. The summed E-state index contributed by atoms with van der Waals surface area (Å²) in [6.07, 6.45) is -4.66. The molecule has 0 saturated heterocycles. The fraction of sp³-hybridized carbons (Fsp3) is 0.818. The van der Waals surface area contributed by atoms with Crippen molar-refractivity contribution in [2.45, 2.75) is 38.4 Å². The molecular weight excluding hydrogens is 265 g/mol. The van der Waals surface area contributed by atoms with E-state index in [0.29, 0.717) is 4.90 Å². The van der Waals surface area contributed by atoms with Gasteiger partial charge in [0.15, 0.2) is 0 Å². The highest BCUT2D eigenvalue weighted by Crippen LogP contribution is 2.19. The van der Waals surface area contributed by atoms with Gasteiger partial charge >= 0.3 is 12.1 Å². The Morgan fingerprint density at radius 3 is 2.21 bits per heavy atom. The van der Waals surface area contributed by atoms with Gasteiger partial charge in [-0.05, 0) is 13.3 Å². The molecule has 0 spiro atoms. The first-order valence-corrected chi connectivity index (χ1v) is 5.75. The smallest absolute Gasteiger partial charge is 0.406 e. The van der Waals surface area contributed by atoms with Gasteiger partial charge in [0.25, 0.3) is 0 Å². The molecule has 112 valence electrons. The first-order chi connectivity index (χ1) is 8.53. The number of alkyl halides is 3. The molecule has 8 heteroatoms. The van der Waals surface area contributed by atoms with Crippen molar-refractivity contribution >= 4 is 11.9 Å².